The third-order valence-electron chi connectivity index (χ3n) is 3.47. The summed E-state index contributed by atoms with van der Waals surface area (Å²) in [5, 5.41) is 11.2. The van der Waals surface area contributed by atoms with E-state index >= 15 is 0 Å². The predicted octanol–water partition coefficient (Wildman–Crippen LogP) is 1.74. The smallest absolute Gasteiger partial charge is 0.268 e. The van der Waals surface area contributed by atoms with Crippen LogP contribution in [-0.4, -0.2) is 32.5 Å². The van der Waals surface area contributed by atoms with Crippen LogP contribution in [0.2, 0.25) is 0 Å². The number of nitrogens with zero attached hydrogens (tertiary/aromatic N) is 4. The van der Waals surface area contributed by atoms with Crippen LogP contribution in [0.25, 0.3) is 0 Å². The number of oxime groups is 1. The van der Waals surface area contributed by atoms with Crippen LogP contribution < -0.4 is 5.32 Å². The number of carbonyl (C=O) groups excluding carboxylic acids is 1. The Morgan fingerprint density at radius 1 is 1.55 bits per heavy atom. The zero-order valence-electron chi connectivity index (χ0n) is 12.5. The van der Waals surface area contributed by atoms with Gasteiger partial charge in [-0.25, -0.2) is 0 Å². The Morgan fingerprint density at radius 3 is 3.09 bits per heavy atom. The molecule has 1 atom stereocenters. The van der Waals surface area contributed by atoms with Crippen LogP contribution >= 0.6 is 0 Å². The molecule has 0 aromatic carbocycles. The number of hydrogen-bond donors (Lipinski definition) is 1. The monoisotopic (exact) mass is 299 g/mol. The number of hydrogen-bond acceptors (Lipinski definition) is 5. The average Bonchev–Trinajstić information content (AvgIpc) is 3.14. The largest absolute Gasteiger partial charge is 0.382 e. The van der Waals surface area contributed by atoms with Gasteiger partial charge in [0, 0.05) is 30.9 Å². The van der Waals surface area contributed by atoms with Crippen LogP contribution in [0.4, 0.5) is 5.69 Å². The summed E-state index contributed by atoms with van der Waals surface area (Å²) in [6.07, 6.45) is 4.97. The molecule has 0 aliphatic carbocycles. The maximum atomic E-state index is 12.2. The number of rotatable bonds is 4. The van der Waals surface area contributed by atoms with Gasteiger partial charge in [-0.15, -0.1) is 0 Å². The number of pyridine rings is 1. The van der Waals surface area contributed by atoms with E-state index in [-0.39, 0.29) is 5.91 Å². The van der Waals surface area contributed by atoms with E-state index in [4.69, 9.17) is 4.84 Å². The van der Waals surface area contributed by atoms with Crippen molar-refractivity contribution < 1.29 is 9.63 Å². The van der Waals surface area contributed by atoms with Gasteiger partial charge in [0.1, 0.15) is 0 Å². The third kappa shape index (κ3) is 2.83. The van der Waals surface area contributed by atoms with Crippen molar-refractivity contribution in [3.63, 3.8) is 0 Å². The Kier molecular flexibility index (Phi) is 3.86. The van der Waals surface area contributed by atoms with Crippen molar-refractivity contribution in [1.29, 1.82) is 0 Å². The molecular formula is C15H17N5O2. The van der Waals surface area contributed by atoms with Crippen LogP contribution in [0.3, 0.4) is 0 Å². The molecule has 0 saturated heterocycles. The van der Waals surface area contributed by atoms with Gasteiger partial charge in [-0.05, 0) is 26.0 Å². The lowest BCUT2D eigenvalue weighted by Gasteiger charge is -2.08. The van der Waals surface area contributed by atoms with Crippen LogP contribution in [0.5, 0.6) is 0 Å². The van der Waals surface area contributed by atoms with Gasteiger partial charge in [-0.2, -0.15) is 5.10 Å². The standard InChI is InChI=1S/C15H17N5O2/c1-3-20-9-12(10(2)18-20)13-7-14(22-19-13)15(21)17-11-5-4-6-16-8-11/h4-6,8-9,14H,3,7H2,1-2H3,(H,17,21)/t14-/m1/s1. The van der Waals surface area contributed by atoms with E-state index in [0.29, 0.717) is 12.1 Å². The molecule has 2 aromatic rings. The zero-order chi connectivity index (χ0) is 15.5. The van der Waals surface area contributed by atoms with Crippen LogP contribution in [0.1, 0.15) is 24.6 Å². The molecule has 0 radical (unpaired) electrons. The molecule has 114 valence electrons. The number of aromatic nitrogens is 3. The number of anilines is 1. The molecule has 7 heteroatoms. The van der Waals surface area contributed by atoms with E-state index < -0.39 is 6.10 Å². The molecule has 1 aliphatic heterocycles. The highest BCUT2D eigenvalue weighted by Crippen LogP contribution is 2.20. The maximum absolute atomic E-state index is 12.2. The summed E-state index contributed by atoms with van der Waals surface area (Å²) in [6.45, 7) is 4.74. The lowest BCUT2D eigenvalue weighted by atomic mass is 10.1. The fourth-order valence-electron chi connectivity index (χ4n) is 2.30. The first kappa shape index (κ1) is 14.2. The molecule has 1 N–H and O–H groups in total. The summed E-state index contributed by atoms with van der Waals surface area (Å²) in [5.74, 6) is -0.229. The molecular weight excluding hydrogens is 282 g/mol. The highest BCUT2D eigenvalue weighted by atomic mass is 16.6. The molecule has 2 aromatic heterocycles. The van der Waals surface area contributed by atoms with E-state index in [1.807, 2.05) is 24.7 Å². The Bertz CT molecular complexity index is 708. The van der Waals surface area contributed by atoms with Crippen molar-refractivity contribution in [2.45, 2.75) is 32.9 Å². The van der Waals surface area contributed by atoms with Gasteiger partial charge < -0.3 is 10.2 Å². The van der Waals surface area contributed by atoms with Gasteiger partial charge in [-0.1, -0.05) is 5.16 Å². The van der Waals surface area contributed by atoms with Gasteiger partial charge in [-0.3, -0.25) is 14.5 Å². The average molecular weight is 299 g/mol. The zero-order valence-corrected chi connectivity index (χ0v) is 12.5. The van der Waals surface area contributed by atoms with E-state index in [1.165, 1.54) is 0 Å². The lowest BCUT2D eigenvalue weighted by Crippen LogP contribution is -2.28. The van der Waals surface area contributed by atoms with E-state index in [9.17, 15) is 4.79 Å². The number of aryl methyl sites for hydroxylation is 2. The molecule has 0 bridgehead atoms. The summed E-state index contributed by atoms with van der Waals surface area (Å²) < 4.78 is 1.84. The number of carbonyl (C=O) groups is 1. The van der Waals surface area contributed by atoms with Crippen molar-refractivity contribution in [2.75, 3.05) is 5.32 Å². The molecule has 0 unspecified atom stereocenters. The quantitative estimate of drug-likeness (QED) is 0.932. The summed E-state index contributed by atoms with van der Waals surface area (Å²) in [7, 11) is 0. The minimum atomic E-state index is -0.625. The van der Waals surface area contributed by atoms with Gasteiger partial charge in [0.15, 0.2) is 0 Å². The Hall–Kier alpha value is -2.70. The van der Waals surface area contributed by atoms with E-state index in [0.717, 1.165) is 23.5 Å². The molecule has 7 nitrogen and oxygen atoms in total. The minimum absolute atomic E-state index is 0.229. The summed E-state index contributed by atoms with van der Waals surface area (Å²) in [6, 6.07) is 3.53. The second-order valence-corrected chi connectivity index (χ2v) is 5.05. The van der Waals surface area contributed by atoms with Gasteiger partial charge in [0.2, 0.25) is 6.10 Å². The minimum Gasteiger partial charge on any atom is -0.382 e. The second-order valence-electron chi connectivity index (χ2n) is 5.05. The van der Waals surface area contributed by atoms with E-state index in [2.05, 4.69) is 20.6 Å². The molecule has 0 spiro atoms. The molecule has 3 rings (SSSR count). The first-order chi connectivity index (χ1) is 10.7. The SMILES string of the molecule is CCn1cc(C2=NO[C@@H](C(=O)Nc3cccnc3)C2)c(C)n1. The summed E-state index contributed by atoms with van der Waals surface area (Å²) in [5.41, 5.74) is 3.21. The van der Waals surface area contributed by atoms with Crippen LogP contribution in [-0.2, 0) is 16.2 Å². The Morgan fingerprint density at radius 2 is 2.41 bits per heavy atom. The molecule has 3 heterocycles. The first-order valence-corrected chi connectivity index (χ1v) is 7.15. The first-order valence-electron chi connectivity index (χ1n) is 7.15. The highest BCUT2D eigenvalue weighted by molar-refractivity contribution is 6.06. The van der Waals surface area contributed by atoms with Crippen molar-refractivity contribution in [3.05, 3.63) is 42.0 Å². The van der Waals surface area contributed by atoms with Crippen molar-refractivity contribution >= 4 is 17.3 Å². The van der Waals surface area contributed by atoms with Crippen LogP contribution in [0, 0.1) is 6.92 Å². The lowest BCUT2D eigenvalue weighted by molar-refractivity contribution is -0.125. The molecule has 1 aliphatic rings. The molecule has 22 heavy (non-hydrogen) atoms. The maximum Gasteiger partial charge on any atom is 0.268 e. The fraction of sp³-hybridized carbons (Fsp3) is 0.333. The summed E-state index contributed by atoms with van der Waals surface area (Å²) in [4.78, 5) is 21.4. The number of amides is 1. The van der Waals surface area contributed by atoms with Crippen molar-refractivity contribution in [1.82, 2.24) is 14.8 Å². The fourth-order valence-corrected chi connectivity index (χ4v) is 2.30. The van der Waals surface area contributed by atoms with Crippen molar-refractivity contribution in [3.8, 4) is 0 Å². The molecule has 0 saturated carbocycles. The Balaban J connectivity index is 1.66. The normalized spacial score (nSPS) is 17.0. The number of nitrogens with one attached hydrogen (secondary N) is 1. The predicted molar refractivity (Wildman–Crippen MR) is 81.5 cm³/mol. The van der Waals surface area contributed by atoms with Gasteiger partial charge in [0.25, 0.3) is 5.91 Å². The second kappa shape index (κ2) is 5.97. The Labute approximate surface area is 128 Å². The third-order valence-corrected chi connectivity index (χ3v) is 3.47. The topological polar surface area (TPSA) is 81.4 Å². The van der Waals surface area contributed by atoms with Crippen molar-refractivity contribution in [2.24, 2.45) is 5.16 Å². The van der Waals surface area contributed by atoms with Gasteiger partial charge >= 0.3 is 0 Å². The van der Waals surface area contributed by atoms with E-state index in [1.54, 1.807) is 24.5 Å². The molecule has 0 fully saturated rings. The summed E-state index contributed by atoms with van der Waals surface area (Å²) >= 11 is 0. The molecule has 1 amide bonds. The van der Waals surface area contributed by atoms with Crippen LogP contribution in [0.15, 0.2) is 35.9 Å². The highest BCUT2D eigenvalue weighted by Gasteiger charge is 2.30. The van der Waals surface area contributed by atoms with Gasteiger partial charge in [0.05, 0.1) is 23.3 Å².